The second-order valence-corrected chi connectivity index (χ2v) is 10.3. The minimum atomic E-state index is 0.310. The molecule has 0 bridgehead atoms. The molecule has 1 saturated carbocycles. The molecule has 4 nitrogen and oxygen atoms in total. The average molecular weight is 567 g/mol. The number of nitrogens with one attached hydrogen (secondary N) is 1. The van der Waals surface area contributed by atoms with E-state index in [4.69, 9.17) is 11.5 Å². The highest BCUT2D eigenvalue weighted by atomic mass is 14.9. The van der Waals surface area contributed by atoms with Crippen molar-refractivity contribution in [1.82, 2.24) is 5.32 Å². The summed E-state index contributed by atoms with van der Waals surface area (Å²) in [5, 5.41) is 3.30. The van der Waals surface area contributed by atoms with Gasteiger partial charge in [0.1, 0.15) is 5.82 Å². The molecular weight excluding hydrogens is 512 g/mol. The smallest absolute Gasteiger partial charge is 0.116 e. The van der Waals surface area contributed by atoms with Gasteiger partial charge < -0.3 is 16.8 Å². The second-order valence-electron chi connectivity index (χ2n) is 10.3. The van der Waals surface area contributed by atoms with Crippen molar-refractivity contribution in [2.75, 3.05) is 7.05 Å². The quantitative estimate of drug-likeness (QED) is 0.260. The molecule has 0 aromatic heterocycles. The molecule has 1 aliphatic rings. The Morgan fingerprint density at radius 3 is 1.93 bits per heavy atom. The SMILES string of the molecule is C=C(N)/N=C\C(=C/C)c1cccc(C)c1-c1ccccc1C.C=C(N)c1ccc(C)cc1.CC.CNC1CCCCC1. The minimum Gasteiger partial charge on any atom is -0.399 e. The van der Waals surface area contributed by atoms with Crippen molar-refractivity contribution in [3.63, 3.8) is 0 Å². The summed E-state index contributed by atoms with van der Waals surface area (Å²) >= 11 is 0. The van der Waals surface area contributed by atoms with E-state index in [1.165, 1.54) is 59.9 Å². The van der Waals surface area contributed by atoms with Gasteiger partial charge in [-0.25, -0.2) is 4.99 Å². The van der Waals surface area contributed by atoms with Crippen LogP contribution in [0.2, 0.25) is 0 Å². The van der Waals surface area contributed by atoms with Gasteiger partial charge in [-0.05, 0) is 86.5 Å². The number of benzene rings is 3. The Morgan fingerprint density at radius 2 is 1.43 bits per heavy atom. The van der Waals surface area contributed by atoms with E-state index < -0.39 is 0 Å². The predicted octanol–water partition coefficient (Wildman–Crippen LogP) is 9.36. The molecule has 4 rings (SSSR count). The standard InChI is InChI=1S/C20H22N2.C9H11N.C7H15N.C2H6/c1-5-17(13-22-16(4)21)19-12-8-10-15(3)20(19)18-11-7-6-9-14(18)2;1-7-3-5-9(6-4-7)8(2)10;1-8-7-5-3-2-4-6-7;1-2/h5-13H,4,21H2,1-3H3;3-6H,2,10H2,1H3;7-8H,2-6H2,1H3;1-2H3/b17-5+,22-13-;;;. The van der Waals surface area contributed by atoms with Crippen LogP contribution in [0.3, 0.4) is 0 Å². The van der Waals surface area contributed by atoms with E-state index >= 15 is 0 Å². The first kappa shape index (κ1) is 36.1. The van der Waals surface area contributed by atoms with E-state index in [0.717, 1.165) is 22.7 Å². The highest BCUT2D eigenvalue weighted by Crippen LogP contribution is 2.33. The molecule has 0 spiro atoms. The van der Waals surface area contributed by atoms with E-state index in [9.17, 15) is 0 Å². The first-order valence-electron chi connectivity index (χ1n) is 15.2. The molecule has 3 aromatic rings. The topological polar surface area (TPSA) is 76.4 Å². The van der Waals surface area contributed by atoms with Crippen LogP contribution in [-0.2, 0) is 0 Å². The maximum atomic E-state index is 5.56. The Labute approximate surface area is 256 Å². The minimum absolute atomic E-state index is 0.310. The molecule has 0 saturated heterocycles. The maximum absolute atomic E-state index is 5.56. The van der Waals surface area contributed by atoms with Crippen molar-refractivity contribution >= 4 is 17.5 Å². The zero-order valence-corrected chi connectivity index (χ0v) is 27.1. The first-order valence-corrected chi connectivity index (χ1v) is 15.2. The Bertz CT molecular complexity index is 1290. The largest absolute Gasteiger partial charge is 0.399 e. The van der Waals surface area contributed by atoms with Gasteiger partial charge in [-0.2, -0.15) is 0 Å². The monoisotopic (exact) mass is 566 g/mol. The summed E-state index contributed by atoms with van der Waals surface area (Å²) < 4.78 is 0. The van der Waals surface area contributed by atoms with Gasteiger partial charge in [0.05, 0.1) is 0 Å². The van der Waals surface area contributed by atoms with Crippen LogP contribution < -0.4 is 16.8 Å². The van der Waals surface area contributed by atoms with Crippen LogP contribution in [-0.4, -0.2) is 19.3 Å². The van der Waals surface area contributed by atoms with Gasteiger partial charge in [0, 0.05) is 18.0 Å². The van der Waals surface area contributed by atoms with Gasteiger partial charge in [0.15, 0.2) is 0 Å². The fraction of sp³-hybridized carbons (Fsp3) is 0.342. The number of hydrogen-bond donors (Lipinski definition) is 3. The van der Waals surface area contributed by atoms with Gasteiger partial charge in [0.25, 0.3) is 0 Å². The van der Waals surface area contributed by atoms with Crippen molar-refractivity contribution < 1.29 is 0 Å². The molecule has 0 radical (unpaired) electrons. The van der Waals surface area contributed by atoms with Crippen LogP contribution in [0.5, 0.6) is 0 Å². The predicted molar refractivity (Wildman–Crippen MR) is 189 cm³/mol. The lowest BCUT2D eigenvalue weighted by Crippen LogP contribution is -2.26. The first-order chi connectivity index (χ1) is 20.2. The Balaban J connectivity index is 0.000000362. The summed E-state index contributed by atoms with van der Waals surface area (Å²) in [4.78, 5) is 4.15. The molecule has 0 amide bonds. The van der Waals surface area contributed by atoms with Crippen LogP contribution in [0.4, 0.5) is 0 Å². The summed E-state index contributed by atoms with van der Waals surface area (Å²) in [5.41, 5.74) is 21.1. The number of aliphatic imine (C=N–C) groups is 1. The Morgan fingerprint density at radius 1 is 0.833 bits per heavy atom. The average Bonchev–Trinajstić information content (AvgIpc) is 3.00. The molecule has 4 heteroatoms. The lowest BCUT2D eigenvalue weighted by Gasteiger charge is -2.20. The zero-order chi connectivity index (χ0) is 31.5. The number of aryl methyl sites for hydroxylation is 3. The van der Waals surface area contributed by atoms with Gasteiger partial charge in [-0.3, -0.25) is 0 Å². The van der Waals surface area contributed by atoms with Crippen LogP contribution in [0.1, 0.15) is 80.7 Å². The van der Waals surface area contributed by atoms with Gasteiger partial charge in [-0.15, -0.1) is 0 Å². The molecule has 3 aromatic carbocycles. The summed E-state index contributed by atoms with van der Waals surface area (Å²) in [7, 11) is 2.07. The third kappa shape index (κ3) is 12.3. The van der Waals surface area contributed by atoms with E-state index in [0.29, 0.717) is 11.5 Å². The molecule has 0 aliphatic heterocycles. The molecule has 0 heterocycles. The van der Waals surface area contributed by atoms with Crippen molar-refractivity contribution in [2.45, 2.75) is 79.7 Å². The molecule has 226 valence electrons. The highest BCUT2D eigenvalue weighted by molar-refractivity contribution is 6.12. The third-order valence-electron chi connectivity index (χ3n) is 7.11. The summed E-state index contributed by atoms with van der Waals surface area (Å²) in [5.74, 6) is 0.310. The molecule has 42 heavy (non-hydrogen) atoms. The lowest BCUT2D eigenvalue weighted by molar-refractivity contribution is 0.394. The van der Waals surface area contributed by atoms with Crippen LogP contribution in [0.25, 0.3) is 22.4 Å². The number of nitrogens with two attached hydrogens (primary N) is 2. The molecule has 0 atom stereocenters. The van der Waals surface area contributed by atoms with E-state index in [-0.39, 0.29) is 0 Å². The Hall–Kier alpha value is -3.89. The third-order valence-corrected chi connectivity index (χ3v) is 7.11. The normalized spacial score (nSPS) is 13.1. The van der Waals surface area contributed by atoms with Crippen LogP contribution in [0, 0.1) is 20.8 Å². The molecule has 0 unspecified atom stereocenters. The fourth-order valence-corrected chi connectivity index (χ4v) is 4.73. The van der Waals surface area contributed by atoms with Gasteiger partial charge in [-0.1, -0.05) is 125 Å². The van der Waals surface area contributed by atoms with E-state index in [2.05, 4.69) is 86.8 Å². The number of nitrogens with zero attached hydrogens (tertiary/aromatic N) is 1. The van der Waals surface area contributed by atoms with Crippen LogP contribution >= 0.6 is 0 Å². The van der Waals surface area contributed by atoms with Crippen LogP contribution in [0.15, 0.2) is 96.8 Å². The number of allylic oxidation sites excluding steroid dienone is 2. The molecule has 1 aliphatic carbocycles. The summed E-state index contributed by atoms with van der Waals surface area (Å²) in [6.45, 7) is 19.6. The molecular formula is C38H54N4. The maximum Gasteiger partial charge on any atom is 0.116 e. The van der Waals surface area contributed by atoms with Crippen molar-refractivity contribution in [3.05, 3.63) is 120 Å². The van der Waals surface area contributed by atoms with E-state index in [1.54, 1.807) is 6.21 Å². The van der Waals surface area contributed by atoms with Gasteiger partial charge in [0.2, 0.25) is 0 Å². The Kier molecular flexibility index (Phi) is 17.3. The van der Waals surface area contributed by atoms with Crippen molar-refractivity contribution in [2.24, 2.45) is 16.5 Å². The zero-order valence-electron chi connectivity index (χ0n) is 27.1. The number of rotatable bonds is 6. The summed E-state index contributed by atoms with van der Waals surface area (Å²) in [6, 6.07) is 23.6. The highest BCUT2D eigenvalue weighted by Gasteiger charge is 2.12. The van der Waals surface area contributed by atoms with Crippen molar-refractivity contribution in [3.8, 4) is 11.1 Å². The second kappa shape index (κ2) is 20.1. The molecule has 1 fully saturated rings. The molecule has 5 N–H and O–H groups in total. The van der Waals surface area contributed by atoms with Gasteiger partial charge >= 0.3 is 0 Å². The number of hydrogen-bond acceptors (Lipinski definition) is 4. The summed E-state index contributed by atoms with van der Waals surface area (Å²) in [6.07, 6.45) is 10.9. The van der Waals surface area contributed by atoms with E-state index in [1.807, 2.05) is 58.0 Å². The fourth-order valence-electron chi connectivity index (χ4n) is 4.73. The lowest BCUT2D eigenvalue weighted by atomic mass is 9.89. The van der Waals surface area contributed by atoms with Crippen molar-refractivity contribution in [1.29, 1.82) is 0 Å².